The lowest BCUT2D eigenvalue weighted by atomic mass is 10.2. The Labute approximate surface area is 132 Å². The highest BCUT2D eigenvalue weighted by atomic mass is 19.1. The largest absolute Gasteiger partial charge is 0.465 e. The number of rotatable bonds is 4. The van der Waals surface area contributed by atoms with Gasteiger partial charge in [0.25, 0.3) is 0 Å². The van der Waals surface area contributed by atoms with Gasteiger partial charge in [-0.1, -0.05) is 18.2 Å². The smallest absolute Gasteiger partial charge is 0.337 e. The van der Waals surface area contributed by atoms with Crippen molar-refractivity contribution in [3.8, 4) is 0 Å². The molecule has 0 spiro atoms. The summed E-state index contributed by atoms with van der Waals surface area (Å²) in [6, 6.07) is 11.8. The van der Waals surface area contributed by atoms with Crippen LogP contribution in [-0.2, 0) is 4.74 Å². The average Bonchev–Trinajstić information content (AvgIpc) is 2.54. The fraction of sp³-hybridized carbons (Fsp3) is 0.0588. The molecule has 0 heterocycles. The minimum atomic E-state index is -0.486. The number of halogens is 1. The second-order valence-corrected chi connectivity index (χ2v) is 4.56. The summed E-state index contributed by atoms with van der Waals surface area (Å²) in [6.07, 6.45) is 2.96. The molecule has 0 atom stereocenters. The fourth-order valence-corrected chi connectivity index (χ4v) is 1.83. The van der Waals surface area contributed by atoms with Gasteiger partial charge in [0, 0.05) is 11.9 Å². The van der Waals surface area contributed by atoms with Crippen molar-refractivity contribution >= 4 is 23.8 Å². The predicted molar refractivity (Wildman–Crippen MR) is 85.4 cm³/mol. The maximum absolute atomic E-state index is 13.0. The van der Waals surface area contributed by atoms with Crippen LogP contribution in [0.1, 0.15) is 15.9 Å². The third-order valence-electron chi connectivity index (χ3n) is 2.88. The molecule has 5 nitrogen and oxygen atoms in total. The summed E-state index contributed by atoms with van der Waals surface area (Å²) < 4.78 is 17.6. The summed E-state index contributed by atoms with van der Waals surface area (Å²) >= 11 is 0. The molecule has 2 amide bonds. The van der Waals surface area contributed by atoms with Crippen molar-refractivity contribution in [1.29, 1.82) is 0 Å². The summed E-state index contributed by atoms with van der Waals surface area (Å²) in [6.45, 7) is 0. The molecule has 2 rings (SSSR count). The topological polar surface area (TPSA) is 67.4 Å². The van der Waals surface area contributed by atoms with Gasteiger partial charge in [-0.05, 0) is 42.0 Å². The summed E-state index contributed by atoms with van der Waals surface area (Å²) in [4.78, 5) is 23.2. The molecule has 2 N–H and O–H groups in total. The van der Waals surface area contributed by atoms with Crippen LogP contribution in [0.3, 0.4) is 0 Å². The molecule has 0 fully saturated rings. The van der Waals surface area contributed by atoms with Crippen LogP contribution in [0, 0.1) is 5.82 Å². The van der Waals surface area contributed by atoms with Crippen LogP contribution in [0.4, 0.5) is 14.9 Å². The van der Waals surface area contributed by atoms with E-state index in [-0.39, 0.29) is 5.82 Å². The van der Waals surface area contributed by atoms with Crippen molar-refractivity contribution < 1.29 is 18.7 Å². The van der Waals surface area contributed by atoms with E-state index in [4.69, 9.17) is 0 Å². The van der Waals surface area contributed by atoms with E-state index in [2.05, 4.69) is 15.4 Å². The van der Waals surface area contributed by atoms with Crippen LogP contribution in [-0.4, -0.2) is 19.1 Å². The van der Waals surface area contributed by atoms with Crippen LogP contribution in [0.15, 0.2) is 54.7 Å². The van der Waals surface area contributed by atoms with E-state index in [1.165, 1.54) is 31.5 Å². The van der Waals surface area contributed by atoms with Crippen molar-refractivity contribution in [2.24, 2.45) is 0 Å². The molecule has 0 aliphatic heterocycles. The summed E-state index contributed by atoms with van der Waals surface area (Å²) in [5.41, 5.74) is 1.41. The van der Waals surface area contributed by atoms with Crippen molar-refractivity contribution in [3.63, 3.8) is 0 Å². The van der Waals surface area contributed by atoms with E-state index in [1.54, 1.807) is 36.4 Å². The van der Waals surface area contributed by atoms with E-state index < -0.39 is 12.0 Å². The van der Waals surface area contributed by atoms with Crippen molar-refractivity contribution in [1.82, 2.24) is 5.32 Å². The van der Waals surface area contributed by atoms with Crippen LogP contribution in [0.25, 0.3) is 6.08 Å². The van der Waals surface area contributed by atoms with E-state index in [0.717, 1.165) is 0 Å². The van der Waals surface area contributed by atoms with Crippen molar-refractivity contribution in [2.45, 2.75) is 0 Å². The zero-order valence-electron chi connectivity index (χ0n) is 12.4. The van der Waals surface area contributed by atoms with Crippen LogP contribution >= 0.6 is 0 Å². The number of hydrogen-bond donors (Lipinski definition) is 2. The van der Waals surface area contributed by atoms with Gasteiger partial charge in [-0.3, -0.25) is 0 Å². The molecule has 118 valence electrons. The Kier molecular flexibility index (Phi) is 5.46. The molecule has 0 saturated heterocycles. The first-order valence-corrected chi connectivity index (χ1v) is 6.76. The fourth-order valence-electron chi connectivity index (χ4n) is 1.83. The number of carbonyl (C=O) groups excluding carboxylic acids is 2. The molecule has 2 aromatic rings. The molecule has 0 bridgehead atoms. The number of anilines is 1. The summed E-state index contributed by atoms with van der Waals surface area (Å²) in [5.74, 6) is -0.837. The lowest BCUT2D eigenvalue weighted by Gasteiger charge is -2.06. The van der Waals surface area contributed by atoms with Gasteiger partial charge in [0.05, 0.1) is 12.7 Å². The quantitative estimate of drug-likeness (QED) is 0.850. The number of nitrogens with one attached hydrogen (secondary N) is 2. The van der Waals surface area contributed by atoms with E-state index in [0.29, 0.717) is 16.8 Å². The molecular weight excluding hydrogens is 299 g/mol. The van der Waals surface area contributed by atoms with Gasteiger partial charge in [0.1, 0.15) is 5.82 Å². The zero-order chi connectivity index (χ0) is 16.7. The number of urea groups is 1. The average molecular weight is 314 g/mol. The number of benzene rings is 2. The van der Waals surface area contributed by atoms with Crippen LogP contribution in [0.5, 0.6) is 0 Å². The first-order chi connectivity index (χ1) is 11.1. The molecule has 0 saturated carbocycles. The number of hydrogen-bond acceptors (Lipinski definition) is 3. The Morgan fingerprint density at radius 1 is 1.13 bits per heavy atom. The molecule has 23 heavy (non-hydrogen) atoms. The molecule has 0 radical (unpaired) electrons. The molecule has 0 unspecified atom stereocenters. The third kappa shape index (κ3) is 4.96. The molecule has 6 heteroatoms. The predicted octanol–water partition coefficient (Wildman–Crippen LogP) is 3.40. The monoisotopic (exact) mass is 314 g/mol. The molecule has 2 aromatic carbocycles. The second kappa shape index (κ2) is 7.74. The number of ether oxygens (including phenoxy) is 1. The van der Waals surface area contributed by atoms with Gasteiger partial charge < -0.3 is 15.4 Å². The second-order valence-electron chi connectivity index (χ2n) is 4.56. The first-order valence-electron chi connectivity index (χ1n) is 6.76. The van der Waals surface area contributed by atoms with Gasteiger partial charge in [-0.25, -0.2) is 14.0 Å². The normalized spacial score (nSPS) is 10.3. The maximum atomic E-state index is 13.0. The Morgan fingerprint density at radius 3 is 2.65 bits per heavy atom. The third-order valence-corrected chi connectivity index (χ3v) is 2.88. The van der Waals surface area contributed by atoms with Gasteiger partial charge in [0.15, 0.2) is 0 Å². The minimum absolute atomic E-state index is 0.334. The van der Waals surface area contributed by atoms with E-state index in [1.807, 2.05) is 0 Å². The molecule has 0 aliphatic rings. The molecular formula is C17H15FN2O3. The van der Waals surface area contributed by atoms with Crippen LogP contribution in [0.2, 0.25) is 0 Å². The van der Waals surface area contributed by atoms with Gasteiger partial charge in [-0.2, -0.15) is 0 Å². The van der Waals surface area contributed by atoms with E-state index in [9.17, 15) is 14.0 Å². The highest BCUT2D eigenvalue weighted by Gasteiger charge is 2.06. The number of carbonyl (C=O) groups is 2. The number of methoxy groups -OCH3 is 1. The lowest BCUT2D eigenvalue weighted by Crippen LogP contribution is -2.23. The standard InChI is InChI=1S/C17H15FN2O3/c1-23-16(21)13-5-3-7-15(11-13)20-17(22)19-9-8-12-4-2-6-14(18)10-12/h2-11H,1H3,(H2,19,20,22)/b9-8+. The Balaban J connectivity index is 1.93. The first kappa shape index (κ1) is 16.2. The molecule has 0 aromatic heterocycles. The maximum Gasteiger partial charge on any atom is 0.337 e. The summed E-state index contributed by atoms with van der Waals surface area (Å²) in [5, 5.41) is 5.07. The van der Waals surface area contributed by atoms with Crippen molar-refractivity contribution in [2.75, 3.05) is 12.4 Å². The Morgan fingerprint density at radius 2 is 1.91 bits per heavy atom. The SMILES string of the molecule is COC(=O)c1cccc(NC(=O)N/C=C/c2cccc(F)c2)c1. The van der Waals surface area contributed by atoms with Crippen molar-refractivity contribution in [3.05, 3.63) is 71.7 Å². The van der Waals surface area contributed by atoms with Gasteiger partial charge in [0.2, 0.25) is 0 Å². The number of esters is 1. The van der Waals surface area contributed by atoms with Gasteiger partial charge in [-0.15, -0.1) is 0 Å². The Hall–Kier alpha value is -3.15. The minimum Gasteiger partial charge on any atom is -0.465 e. The van der Waals surface area contributed by atoms with E-state index >= 15 is 0 Å². The highest BCUT2D eigenvalue weighted by Crippen LogP contribution is 2.11. The van der Waals surface area contributed by atoms with Crippen LogP contribution < -0.4 is 10.6 Å². The Bertz CT molecular complexity index is 744. The number of amides is 2. The zero-order valence-corrected chi connectivity index (χ0v) is 12.4. The molecule has 0 aliphatic carbocycles. The lowest BCUT2D eigenvalue weighted by molar-refractivity contribution is 0.0600. The highest BCUT2D eigenvalue weighted by molar-refractivity contribution is 5.94. The summed E-state index contributed by atoms with van der Waals surface area (Å²) in [7, 11) is 1.28. The van der Waals surface area contributed by atoms with Gasteiger partial charge >= 0.3 is 12.0 Å².